The molecule has 2 aromatic rings. The van der Waals surface area contributed by atoms with E-state index >= 15 is 0 Å². The van der Waals surface area contributed by atoms with Gasteiger partial charge in [0, 0.05) is 4.47 Å². The van der Waals surface area contributed by atoms with Crippen molar-refractivity contribution >= 4 is 60.3 Å². The summed E-state index contributed by atoms with van der Waals surface area (Å²) in [6.07, 6.45) is 2.09. The summed E-state index contributed by atoms with van der Waals surface area (Å²) < 4.78 is 4.27. The Morgan fingerprint density at radius 1 is 1.56 bits per heavy atom. The largest absolute Gasteiger partial charge is 0.319 e. The molecule has 2 rings (SSSR count). The number of benzene rings is 1. The van der Waals surface area contributed by atoms with E-state index in [0.717, 1.165) is 21.2 Å². The molecule has 0 aliphatic carbocycles. The predicted molar refractivity (Wildman–Crippen MR) is 77.7 cm³/mol. The number of hydrogen-bond acceptors (Lipinski definition) is 2. The van der Waals surface area contributed by atoms with E-state index in [9.17, 15) is 0 Å². The van der Waals surface area contributed by atoms with Crippen molar-refractivity contribution in [2.75, 3.05) is 11.0 Å². The Bertz CT molecular complexity index is 564. The van der Waals surface area contributed by atoms with Crippen molar-refractivity contribution in [3.8, 4) is 0 Å². The van der Waals surface area contributed by atoms with Crippen molar-refractivity contribution in [2.24, 2.45) is 0 Å². The second-order valence-electron chi connectivity index (χ2n) is 3.25. The lowest BCUT2D eigenvalue weighted by atomic mass is 10.2. The number of nitrogens with zero attached hydrogens (tertiary/aromatic N) is 1. The number of anilines is 1. The van der Waals surface area contributed by atoms with Gasteiger partial charge in [0.25, 0.3) is 0 Å². The normalized spacial score (nSPS) is 13.2. The first-order valence-corrected chi connectivity index (χ1v) is 7.53. The summed E-state index contributed by atoms with van der Waals surface area (Å²) in [5.74, 6) is 0.797. The van der Waals surface area contributed by atoms with Crippen molar-refractivity contribution in [1.29, 1.82) is 0 Å². The van der Waals surface area contributed by atoms with Gasteiger partial charge < -0.3 is 4.72 Å². The topological polar surface area (TPSA) is 40.7 Å². The van der Waals surface area contributed by atoms with Gasteiger partial charge in [0.05, 0.1) is 15.9 Å². The molecule has 0 aliphatic heterocycles. The Balaban J connectivity index is 2.60. The predicted octanol–water partition coefficient (Wildman–Crippen LogP) is 4.03. The van der Waals surface area contributed by atoms with Crippen molar-refractivity contribution in [1.82, 2.24) is 10.2 Å². The van der Waals surface area contributed by atoms with Crippen LogP contribution in [0.3, 0.4) is 0 Å². The minimum atomic E-state index is -0.00872. The van der Waals surface area contributed by atoms with Crippen LogP contribution in [0.15, 0.2) is 16.6 Å². The fraction of sp³-hybridized carbons (Fsp3) is 0.200. The first-order valence-electron chi connectivity index (χ1n) is 4.66. The van der Waals surface area contributed by atoms with Gasteiger partial charge in [-0.05, 0) is 46.6 Å². The van der Waals surface area contributed by atoms with Crippen LogP contribution < -0.4 is 4.72 Å². The van der Waals surface area contributed by atoms with Gasteiger partial charge in [-0.3, -0.25) is 5.10 Å². The molecular weight excluding hydrogens is 310 g/mol. The number of rotatable bonds is 2. The number of halogens is 2. The van der Waals surface area contributed by atoms with E-state index in [1.54, 1.807) is 0 Å². The lowest BCUT2D eigenvalue weighted by molar-refractivity contribution is 1.12. The van der Waals surface area contributed by atoms with Gasteiger partial charge in [0.2, 0.25) is 0 Å². The van der Waals surface area contributed by atoms with Crippen LogP contribution in [0.1, 0.15) is 6.92 Å². The van der Waals surface area contributed by atoms with Crippen LogP contribution in [-0.2, 0) is 0 Å². The van der Waals surface area contributed by atoms with Crippen molar-refractivity contribution < 1.29 is 0 Å². The summed E-state index contributed by atoms with van der Waals surface area (Å²) in [6, 6.07) is 3.77. The Labute approximate surface area is 110 Å². The van der Waals surface area contributed by atoms with Gasteiger partial charge in [-0.1, -0.05) is 11.6 Å². The van der Waals surface area contributed by atoms with Gasteiger partial charge in [-0.15, -0.1) is 10.7 Å². The van der Waals surface area contributed by atoms with E-state index in [1.165, 1.54) is 0 Å². The quantitative estimate of drug-likeness (QED) is 0.820. The molecule has 2 N–H and O–H groups in total. The number of aromatic nitrogens is 2. The smallest absolute Gasteiger partial charge is 0.166 e. The maximum absolute atomic E-state index is 6.17. The Morgan fingerprint density at radius 3 is 3.00 bits per heavy atom. The van der Waals surface area contributed by atoms with Gasteiger partial charge in [0.1, 0.15) is 0 Å². The molecule has 0 aliphatic rings. The second kappa shape index (κ2) is 4.77. The average Bonchev–Trinajstić information content (AvgIpc) is 2.68. The Hall–Kier alpha value is -0.520. The maximum atomic E-state index is 6.17. The summed E-state index contributed by atoms with van der Waals surface area (Å²) in [7, 11) is -0.00872. The standard InChI is InChI=1S/C10H11BrClN3S/c1-3-16(2)15-10-8-7(12)5-4-6(11)9(8)13-14-10/h3-5H,1-2H3,(H2,13,14,15). The molecule has 1 aromatic carbocycles. The molecule has 0 amide bonds. The summed E-state index contributed by atoms with van der Waals surface area (Å²) in [5, 5.41) is 10.9. The van der Waals surface area contributed by atoms with Crippen LogP contribution in [-0.4, -0.2) is 21.8 Å². The average molecular weight is 321 g/mol. The zero-order valence-corrected chi connectivity index (χ0v) is 12.0. The fourth-order valence-electron chi connectivity index (χ4n) is 1.35. The molecule has 3 nitrogen and oxygen atoms in total. The van der Waals surface area contributed by atoms with Crippen LogP contribution in [0.2, 0.25) is 5.02 Å². The number of hydrogen-bond donors (Lipinski definition) is 2. The van der Waals surface area contributed by atoms with Crippen molar-refractivity contribution in [2.45, 2.75) is 6.92 Å². The van der Waals surface area contributed by atoms with Crippen molar-refractivity contribution in [3.05, 3.63) is 21.6 Å². The highest BCUT2D eigenvalue weighted by atomic mass is 79.9. The van der Waals surface area contributed by atoms with E-state index in [0.29, 0.717) is 5.02 Å². The molecular formula is C10H11BrClN3S. The lowest BCUT2D eigenvalue weighted by Gasteiger charge is -2.04. The van der Waals surface area contributed by atoms with E-state index in [4.69, 9.17) is 11.6 Å². The monoisotopic (exact) mass is 319 g/mol. The maximum Gasteiger partial charge on any atom is 0.166 e. The van der Waals surface area contributed by atoms with Gasteiger partial charge in [-0.25, -0.2) is 0 Å². The Morgan fingerprint density at radius 2 is 2.31 bits per heavy atom. The lowest BCUT2D eigenvalue weighted by Crippen LogP contribution is -1.90. The van der Waals surface area contributed by atoms with E-state index in [2.05, 4.69) is 42.5 Å². The highest BCUT2D eigenvalue weighted by molar-refractivity contribution is 9.10. The first kappa shape index (κ1) is 12.0. The summed E-state index contributed by atoms with van der Waals surface area (Å²) in [4.78, 5) is 0. The van der Waals surface area contributed by atoms with Gasteiger partial charge in [-0.2, -0.15) is 5.10 Å². The zero-order valence-electron chi connectivity index (χ0n) is 8.84. The second-order valence-corrected chi connectivity index (χ2v) is 6.30. The molecule has 0 spiro atoms. The van der Waals surface area contributed by atoms with Gasteiger partial charge >= 0.3 is 0 Å². The minimum Gasteiger partial charge on any atom is -0.319 e. The molecule has 6 heteroatoms. The van der Waals surface area contributed by atoms with E-state index < -0.39 is 0 Å². The third-order valence-electron chi connectivity index (χ3n) is 2.23. The SMILES string of the molecule is C/C=S(\C)Nc1n[nH]c2c(Br)ccc(Cl)c12. The number of H-pyrrole nitrogens is 1. The highest BCUT2D eigenvalue weighted by Gasteiger charge is 2.11. The highest BCUT2D eigenvalue weighted by Crippen LogP contribution is 2.34. The zero-order chi connectivity index (χ0) is 11.7. The molecule has 1 atom stereocenters. The summed E-state index contributed by atoms with van der Waals surface area (Å²) in [6.45, 7) is 2.02. The van der Waals surface area contributed by atoms with Gasteiger partial charge in [0.15, 0.2) is 5.82 Å². The molecule has 1 aromatic heterocycles. The number of aromatic amines is 1. The molecule has 0 fully saturated rings. The minimum absolute atomic E-state index is 0.00872. The van der Waals surface area contributed by atoms with Crippen LogP contribution >= 0.6 is 38.2 Å². The molecule has 0 saturated carbocycles. The van der Waals surface area contributed by atoms with Crippen LogP contribution in [0.4, 0.5) is 5.82 Å². The molecule has 0 saturated heterocycles. The Kier molecular flexibility index (Phi) is 3.56. The molecule has 0 bridgehead atoms. The molecule has 1 unspecified atom stereocenters. The molecule has 86 valence electrons. The number of nitrogens with one attached hydrogen (secondary N) is 2. The molecule has 1 heterocycles. The van der Waals surface area contributed by atoms with E-state index in [-0.39, 0.29) is 10.7 Å². The summed E-state index contributed by atoms with van der Waals surface area (Å²) >= 11 is 9.64. The van der Waals surface area contributed by atoms with Crippen molar-refractivity contribution in [3.63, 3.8) is 0 Å². The van der Waals surface area contributed by atoms with E-state index in [1.807, 2.05) is 19.1 Å². The third kappa shape index (κ3) is 2.12. The molecule has 16 heavy (non-hydrogen) atoms. The number of fused-ring (bicyclic) bond motifs is 1. The first-order chi connectivity index (χ1) is 7.63. The summed E-state index contributed by atoms with van der Waals surface area (Å²) in [5.41, 5.74) is 0.920. The molecule has 0 radical (unpaired) electrons. The van der Waals surface area contributed by atoms with Crippen LogP contribution in [0.5, 0.6) is 0 Å². The fourth-order valence-corrected chi connectivity index (χ4v) is 2.58. The van der Waals surface area contributed by atoms with Crippen LogP contribution in [0.25, 0.3) is 10.9 Å². The third-order valence-corrected chi connectivity index (χ3v) is 4.43. The van der Waals surface area contributed by atoms with Crippen LogP contribution in [0, 0.1) is 0 Å².